The van der Waals surface area contributed by atoms with E-state index < -0.39 is 5.92 Å². The van der Waals surface area contributed by atoms with E-state index in [-0.39, 0.29) is 17.9 Å². The Balaban J connectivity index is 1.48. The fourth-order valence-electron chi connectivity index (χ4n) is 5.70. The molecule has 1 saturated carbocycles. The molecule has 0 saturated heterocycles. The smallest absolute Gasteiger partial charge is 0.337 e. The number of hydrogen-bond acceptors (Lipinski definition) is 6. The Morgan fingerprint density at radius 2 is 1.76 bits per heavy atom. The molecule has 194 valence electrons. The molecular formula is C31H35NO5. The number of rotatable bonds is 7. The van der Waals surface area contributed by atoms with Crippen LogP contribution >= 0.6 is 0 Å². The van der Waals surface area contributed by atoms with Crippen molar-refractivity contribution in [2.45, 2.75) is 76.9 Å². The van der Waals surface area contributed by atoms with E-state index >= 15 is 0 Å². The van der Waals surface area contributed by atoms with Crippen LogP contribution in [0.1, 0.15) is 75.3 Å². The van der Waals surface area contributed by atoms with E-state index in [0.717, 1.165) is 61.0 Å². The van der Waals surface area contributed by atoms with Crippen LogP contribution in [0.25, 0.3) is 0 Å². The van der Waals surface area contributed by atoms with Crippen LogP contribution in [0.2, 0.25) is 0 Å². The molecule has 6 nitrogen and oxygen atoms in total. The van der Waals surface area contributed by atoms with Crippen molar-refractivity contribution in [3.05, 3.63) is 82.2 Å². The van der Waals surface area contributed by atoms with Gasteiger partial charge in [-0.25, -0.2) is 4.79 Å². The first kappa shape index (κ1) is 25.1. The van der Waals surface area contributed by atoms with Crippen LogP contribution in [0.4, 0.5) is 0 Å². The Morgan fingerprint density at radius 3 is 2.51 bits per heavy atom. The molecule has 0 aromatic heterocycles. The first-order chi connectivity index (χ1) is 18.0. The SMILES string of the molecule is COc1cc(C2C(C(=O)OC3CCCCC3)=C(C)NC3=C2C(=O)CCC3)ccc1OCc1ccccc1. The third-order valence-electron chi connectivity index (χ3n) is 7.58. The van der Waals surface area contributed by atoms with Crippen molar-refractivity contribution in [2.24, 2.45) is 0 Å². The average Bonchev–Trinajstić information content (AvgIpc) is 2.92. The number of allylic oxidation sites excluding steroid dienone is 3. The molecule has 2 aromatic carbocycles. The quantitative estimate of drug-likeness (QED) is 0.461. The monoisotopic (exact) mass is 501 g/mol. The summed E-state index contributed by atoms with van der Waals surface area (Å²) in [5, 5.41) is 3.38. The van der Waals surface area contributed by atoms with Crippen LogP contribution < -0.4 is 14.8 Å². The molecule has 0 amide bonds. The molecule has 2 aliphatic carbocycles. The molecule has 3 aliphatic rings. The number of dihydropyridines is 1. The van der Waals surface area contributed by atoms with Gasteiger partial charge in [0.25, 0.3) is 0 Å². The van der Waals surface area contributed by atoms with E-state index in [1.54, 1.807) is 7.11 Å². The Morgan fingerprint density at radius 1 is 0.973 bits per heavy atom. The predicted octanol–water partition coefficient (Wildman–Crippen LogP) is 6.12. The summed E-state index contributed by atoms with van der Waals surface area (Å²) in [5.41, 5.74) is 4.73. The van der Waals surface area contributed by atoms with Crippen LogP contribution in [-0.4, -0.2) is 25.0 Å². The van der Waals surface area contributed by atoms with Crippen LogP contribution in [0.15, 0.2) is 71.1 Å². The van der Waals surface area contributed by atoms with Gasteiger partial charge >= 0.3 is 5.97 Å². The molecule has 6 heteroatoms. The van der Waals surface area contributed by atoms with Gasteiger partial charge in [-0.15, -0.1) is 0 Å². The summed E-state index contributed by atoms with van der Waals surface area (Å²) in [6.45, 7) is 2.32. The normalized spacial score (nSPS) is 20.3. The van der Waals surface area contributed by atoms with Gasteiger partial charge in [-0.3, -0.25) is 4.79 Å². The third kappa shape index (κ3) is 5.43. The first-order valence-corrected chi connectivity index (χ1v) is 13.3. The minimum Gasteiger partial charge on any atom is -0.493 e. The lowest BCUT2D eigenvalue weighted by Crippen LogP contribution is -2.35. The average molecular weight is 502 g/mol. The lowest BCUT2D eigenvalue weighted by Gasteiger charge is -2.35. The second kappa shape index (κ2) is 11.2. The number of ketones is 1. The Hall–Kier alpha value is -3.54. The second-order valence-corrected chi connectivity index (χ2v) is 10.1. The highest BCUT2D eigenvalue weighted by atomic mass is 16.5. The molecule has 0 radical (unpaired) electrons. The molecule has 1 heterocycles. The molecule has 1 fully saturated rings. The van der Waals surface area contributed by atoms with Gasteiger partial charge in [-0.2, -0.15) is 0 Å². The van der Waals surface area contributed by atoms with Gasteiger partial charge in [-0.1, -0.05) is 42.8 Å². The molecule has 2 aromatic rings. The number of benzene rings is 2. The topological polar surface area (TPSA) is 73.9 Å². The number of carbonyl (C=O) groups is 2. The zero-order valence-electron chi connectivity index (χ0n) is 21.7. The zero-order chi connectivity index (χ0) is 25.8. The maximum Gasteiger partial charge on any atom is 0.337 e. The first-order valence-electron chi connectivity index (χ1n) is 13.3. The van der Waals surface area contributed by atoms with Gasteiger partial charge < -0.3 is 19.5 Å². The number of Topliss-reactive ketones (excluding diaryl/α,β-unsaturated/α-hetero) is 1. The second-order valence-electron chi connectivity index (χ2n) is 10.1. The van der Waals surface area contributed by atoms with Gasteiger partial charge in [0.2, 0.25) is 0 Å². The van der Waals surface area contributed by atoms with E-state index in [1.807, 2.05) is 55.5 Å². The molecular weight excluding hydrogens is 466 g/mol. The molecule has 1 unspecified atom stereocenters. The zero-order valence-corrected chi connectivity index (χ0v) is 21.7. The van der Waals surface area contributed by atoms with Gasteiger partial charge in [0.15, 0.2) is 17.3 Å². The van der Waals surface area contributed by atoms with Crippen molar-refractivity contribution < 1.29 is 23.8 Å². The minimum atomic E-state index is -0.503. The summed E-state index contributed by atoms with van der Waals surface area (Å²) in [5.74, 6) is 0.417. The highest BCUT2D eigenvalue weighted by Crippen LogP contribution is 2.44. The van der Waals surface area contributed by atoms with Crippen LogP contribution in [0.3, 0.4) is 0 Å². The summed E-state index contributed by atoms with van der Waals surface area (Å²) in [7, 11) is 1.60. The summed E-state index contributed by atoms with van der Waals surface area (Å²) >= 11 is 0. The molecule has 0 spiro atoms. The fourth-order valence-corrected chi connectivity index (χ4v) is 5.70. The predicted molar refractivity (Wildman–Crippen MR) is 141 cm³/mol. The molecule has 0 bridgehead atoms. The van der Waals surface area contributed by atoms with Gasteiger partial charge in [-0.05, 0) is 68.7 Å². The van der Waals surface area contributed by atoms with Crippen molar-refractivity contribution >= 4 is 11.8 Å². The number of ether oxygens (including phenoxy) is 3. The summed E-state index contributed by atoms with van der Waals surface area (Å²) in [4.78, 5) is 26.8. The van der Waals surface area contributed by atoms with E-state index in [2.05, 4.69) is 5.32 Å². The molecule has 1 N–H and O–H groups in total. The van der Waals surface area contributed by atoms with Crippen molar-refractivity contribution in [1.82, 2.24) is 5.32 Å². The third-order valence-corrected chi connectivity index (χ3v) is 7.58. The highest BCUT2D eigenvalue weighted by Gasteiger charge is 2.40. The fraction of sp³-hybridized carbons (Fsp3) is 0.419. The van der Waals surface area contributed by atoms with Gasteiger partial charge in [0.1, 0.15) is 12.7 Å². The summed E-state index contributed by atoms with van der Waals surface area (Å²) in [6, 6.07) is 15.6. The van der Waals surface area contributed by atoms with E-state index in [0.29, 0.717) is 35.7 Å². The summed E-state index contributed by atoms with van der Waals surface area (Å²) in [6.07, 6.45) is 7.13. The largest absolute Gasteiger partial charge is 0.493 e. The molecule has 5 rings (SSSR count). The maximum atomic E-state index is 13.6. The van der Waals surface area contributed by atoms with Crippen LogP contribution in [0, 0.1) is 0 Å². The lowest BCUT2D eigenvalue weighted by molar-refractivity contribution is -0.146. The standard InChI is InChI=1S/C31H35NO5/c1-20-28(31(34)37-23-12-7-4-8-13-23)29(30-24(32-20)14-9-15-25(30)33)22-16-17-26(27(18-22)35-2)36-19-21-10-5-3-6-11-21/h3,5-6,10-11,16-18,23,29,32H,4,7-9,12-15,19H2,1-2H3. The molecule has 1 aliphatic heterocycles. The summed E-state index contributed by atoms with van der Waals surface area (Å²) < 4.78 is 17.8. The molecule has 1 atom stereocenters. The highest BCUT2D eigenvalue weighted by molar-refractivity contribution is 6.03. The van der Waals surface area contributed by atoms with Crippen molar-refractivity contribution in [3.8, 4) is 11.5 Å². The Kier molecular flexibility index (Phi) is 7.63. The number of hydrogen-bond donors (Lipinski definition) is 1. The minimum absolute atomic E-state index is 0.0667. The maximum absolute atomic E-state index is 13.6. The number of methoxy groups -OCH3 is 1. The van der Waals surface area contributed by atoms with Crippen LogP contribution in [0.5, 0.6) is 11.5 Å². The number of carbonyl (C=O) groups excluding carboxylic acids is 2. The van der Waals surface area contributed by atoms with Crippen molar-refractivity contribution in [2.75, 3.05) is 7.11 Å². The van der Waals surface area contributed by atoms with Gasteiger partial charge in [0.05, 0.1) is 12.7 Å². The Bertz CT molecular complexity index is 1220. The lowest BCUT2D eigenvalue weighted by atomic mass is 9.75. The van der Waals surface area contributed by atoms with E-state index in [4.69, 9.17) is 14.2 Å². The number of nitrogens with one attached hydrogen (secondary N) is 1. The van der Waals surface area contributed by atoms with E-state index in [9.17, 15) is 9.59 Å². The van der Waals surface area contributed by atoms with Crippen molar-refractivity contribution in [1.29, 1.82) is 0 Å². The van der Waals surface area contributed by atoms with Gasteiger partial charge in [0, 0.05) is 29.3 Å². The molecule has 37 heavy (non-hydrogen) atoms. The number of esters is 1. The van der Waals surface area contributed by atoms with Crippen LogP contribution in [-0.2, 0) is 20.9 Å². The van der Waals surface area contributed by atoms with E-state index in [1.165, 1.54) is 6.42 Å². The Labute approximate surface area is 218 Å². The van der Waals surface area contributed by atoms with Crippen molar-refractivity contribution in [3.63, 3.8) is 0 Å².